The van der Waals surface area contributed by atoms with E-state index in [1.165, 1.54) is 11.1 Å². The molecule has 1 aliphatic rings. The van der Waals surface area contributed by atoms with Gasteiger partial charge in [0.2, 0.25) is 5.28 Å². The molecule has 0 aliphatic carbocycles. The summed E-state index contributed by atoms with van der Waals surface area (Å²) in [6.45, 7) is 6.48. The van der Waals surface area contributed by atoms with Gasteiger partial charge in [-0.05, 0) is 38.4 Å². The molecule has 0 unspecified atom stereocenters. The molecule has 1 aromatic heterocycles. The molecule has 1 atom stereocenters. The van der Waals surface area contributed by atoms with Crippen LogP contribution in [0.5, 0.6) is 0 Å². The number of carboxylic acid groups (broad SMARTS) is 1. The van der Waals surface area contributed by atoms with Crippen LogP contribution < -0.4 is 0 Å². The number of rotatable bonds is 3. The van der Waals surface area contributed by atoms with Crippen LogP contribution in [0.15, 0.2) is 12.3 Å². The van der Waals surface area contributed by atoms with E-state index in [1.54, 1.807) is 31.7 Å². The normalized spacial score (nSPS) is 19.2. The minimum absolute atomic E-state index is 0.0586. The maximum Gasteiger partial charge on any atom is 0.410 e. The molecule has 9 heteroatoms. The highest BCUT2D eigenvalue weighted by molar-refractivity contribution is 6.28. The van der Waals surface area contributed by atoms with E-state index in [0.717, 1.165) is 0 Å². The average Bonchev–Trinajstić information content (AvgIpc) is 2.45. The summed E-state index contributed by atoms with van der Waals surface area (Å²) in [6, 6.07) is 0.852. The molecule has 0 bridgehead atoms. The molecule has 1 amide bonds. The van der Waals surface area contributed by atoms with Gasteiger partial charge in [-0.1, -0.05) is 0 Å². The summed E-state index contributed by atoms with van der Waals surface area (Å²) in [5.74, 6) is -0.997. The van der Waals surface area contributed by atoms with Crippen molar-refractivity contribution in [3.8, 4) is 0 Å². The van der Waals surface area contributed by atoms with E-state index in [9.17, 15) is 14.7 Å². The Bertz CT molecular complexity index is 620. The van der Waals surface area contributed by atoms with Crippen LogP contribution in [0, 0.1) is 0 Å². The quantitative estimate of drug-likeness (QED) is 0.822. The van der Waals surface area contributed by atoms with Crippen molar-refractivity contribution in [2.24, 2.45) is 0 Å². The standard InChI is InChI=1S/C15H21ClN4O4/c1-15(2,3)24-14(23)20-7-6-19(11(9-20)12(21)22)8-10-4-5-17-13(16)18-10/h4-5,11H,6-9H2,1-3H3,(H,21,22)/t11-/m0/s1. The molecule has 0 spiro atoms. The molecule has 2 rings (SSSR count). The first-order valence-corrected chi connectivity index (χ1v) is 7.96. The predicted octanol–water partition coefficient (Wildman–Crippen LogP) is 1.64. The maximum absolute atomic E-state index is 12.1. The van der Waals surface area contributed by atoms with Gasteiger partial charge in [0.25, 0.3) is 0 Å². The lowest BCUT2D eigenvalue weighted by molar-refractivity contribution is -0.145. The van der Waals surface area contributed by atoms with Crippen LogP contribution in [-0.2, 0) is 16.1 Å². The first kappa shape index (κ1) is 18.4. The highest BCUT2D eigenvalue weighted by Gasteiger charge is 2.36. The highest BCUT2D eigenvalue weighted by Crippen LogP contribution is 2.17. The number of piperazine rings is 1. The molecular formula is C15H21ClN4O4. The van der Waals surface area contributed by atoms with Crippen molar-refractivity contribution in [2.45, 2.75) is 39.0 Å². The summed E-state index contributed by atoms with van der Waals surface area (Å²) >= 11 is 5.76. The van der Waals surface area contributed by atoms with Crippen molar-refractivity contribution in [3.63, 3.8) is 0 Å². The van der Waals surface area contributed by atoms with Crippen LogP contribution >= 0.6 is 11.6 Å². The van der Waals surface area contributed by atoms with Gasteiger partial charge < -0.3 is 14.7 Å². The number of amides is 1. The largest absolute Gasteiger partial charge is 0.480 e. The van der Waals surface area contributed by atoms with Gasteiger partial charge in [0, 0.05) is 25.8 Å². The summed E-state index contributed by atoms with van der Waals surface area (Å²) in [5.41, 5.74) is 0.0111. The zero-order valence-electron chi connectivity index (χ0n) is 13.9. The number of ether oxygens (including phenoxy) is 1. The summed E-state index contributed by atoms with van der Waals surface area (Å²) in [5, 5.41) is 9.61. The second kappa shape index (κ2) is 7.31. The first-order valence-electron chi connectivity index (χ1n) is 7.58. The fourth-order valence-electron chi connectivity index (χ4n) is 2.40. The lowest BCUT2D eigenvalue weighted by atomic mass is 10.1. The van der Waals surface area contributed by atoms with E-state index in [4.69, 9.17) is 16.3 Å². The molecular weight excluding hydrogens is 336 g/mol. The number of hydrogen-bond donors (Lipinski definition) is 1. The van der Waals surface area contributed by atoms with Gasteiger partial charge in [-0.2, -0.15) is 0 Å². The van der Waals surface area contributed by atoms with E-state index in [0.29, 0.717) is 25.3 Å². The Morgan fingerprint density at radius 3 is 2.71 bits per heavy atom. The molecule has 2 heterocycles. The molecule has 1 aliphatic heterocycles. The number of carbonyl (C=O) groups excluding carboxylic acids is 1. The number of hydrogen-bond acceptors (Lipinski definition) is 6. The minimum Gasteiger partial charge on any atom is -0.480 e. The van der Waals surface area contributed by atoms with Gasteiger partial charge in [0.1, 0.15) is 11.6 Å². The van der Waals surface area contributed by atoms with Crippen molar-refractivity contribution in [3.05, 3.63) is 23.2 Å². The molecule has 1 aromatic rings. The van der Waals surface area contributed by atoms with Crippen LogP contribution in [0.3, 0.4) is 0 Å². The maximum atomic E-state index is 12.1. The second-order valence-corrected chi connectivity index (χ2v) is 6.91. The number of carboxylic acids is 1. The zero-order chi connectivity index (χ0) is 17.9. The number of nitrogens with zero attached hydrogens (tertiary/aromatic N) is 4. The lowest BCUT2D eigenvalue weighted by Crippen LogP contribution is -2.57. The Morgan fingerprint density at radius 1 is 1.42 bits per heavy atom. The number of carbonyl (C=O) groups is 2. The SMILES string of the molecule is CC(C)(C)OC(=O)N1CCN(Cc2ccnc(Cl)n2)[C@H](C(=O)O)C1. The predicted molar refractivity (Wildman–Crippen MR) is 86.7 cm³/mol. The van der Waals surface area contributed by atoms with Crippen LogP contribution in [-0.4, -0.2) is 68.2 Å². The Balaban J connectivity index is 2.05. The topological polar surface area (TPSA) is 95.9 Å². The third-order valence-corrected chi connectivity index (χ3v) is 3.66. The molecule has 0 radical (unpaired) electrons. The van der Waals surface area contributed by atoms with E-state index >= 15 is 0 Å². The number of aromatic nitrogens is 2. The van der Waals surface area contributed by atoms with E-state index in [-0.39, 0.29) is 11.8 Å². The van der Waals surface area contributed by atoms with Crippen LogP contribution in [0.2, 0.25) is 5.28 Å². The van der Waals surface area contributed by atoms with Gasteiger partial charge in [-0.3, -0.25) is 9.69 Å². The Kier molecular flexibility index (Phi) is 5.61. The van der Waals surface area contributed by atoms with Crippen LogP contribution in [0.4, 0.5) is 4.79 Å². The summed E-state index contributed by atoms with van der Waals surface area (Å²) in [4.78, 5) is 34.8. The van der Waals surface area contributed by atoms with E-state index < -0.39 is 23.7 Å². The zero-order valence-corrected chi connectivity index (χ0v) is 14.7. The summed E-state index contributed by atoms with van der Waals surface area (Å²) in [7, 11) is 0. The van der Waals surface area contributed by atoms with Gasteiger partial charge in [0.05, 0.1) is 12.2 Å². The molecule has 1 fully saturated rings. The molecule has 0 aromatic carbocycles. The fourth-order valence-corrected chi connectivity index (χ4v) is 2.57. The van der Waals surface area contributed by atoms with Crippen LogP contribution in [0.25, 0.3) is 0 Å². The Morgan fingerprint density at radius 2 is 2.12 bits per heavy atom. The third-order valence-electron chi connectivity index (χ3n) is 3.48. The smallest absolute Gasteiger partial charge is 0.410 e. The van der Waals surface area contributed by atoms with Gasteiger partial charge in [-0.25, -0.2) is 14.8 Å². The minimum atomic E-state index is -0.997. The number of aliphatic carboxylic acids is 1. The van der Waals surface area contributed by atoms with E-state index in [2.05, 4.69) is 9.97 Å². The highest BCUT2D eigenvalue weighted by atomic mass is 35.5. The number of halogens is 1. The summed E-state index contributed by atoms with van der Waals surface area (Å²) < 4.78 is 5.31. The third kappa shape index (κ3) is 5.04. The molecule has 0 saturated carbocycles. The lowest BCUT2D eigenvalue weighted by Gasteiger charge is -2.39. The van der Waals surface area contributed by atoms with Crippen molar-refractivity contribution >= 4 is 23.7 Å². The fraction of sp³-hybridized carbons (Fsp3) is 0.600. The van der Waals surface area contributed by atoms with Crippen molar-refractivity contribution in [1.29, 1.82) is 0 Å². The summed E-state index contributed by atoms with van der Waals surface area (Å²) in [6.07, 6.45) is 1.02. The van der Waals surface area contributed by atoms with Crippen molar-refractivity contribution in [1.82, 2.24) is 19.8 Å². The first-order chi connectivity index (χ1) is 11.2. The van der Waals surface area contributed by atoms with Gasteiger partial charge in [-0.15, -0.1) is 0 Å². The van der Waals surface area contributed by atoms with Crippen LogP contribution in [0.1, 0.15) is 26.5 Å². The molecule has 24 heavy (non-hydrogen) atoms. The second-order valence-electron chi connectivity index (χ2n) is 6.57. The Hall–Kier alpha value is -1.93. The molecule has 132 valence electrons. The molecule has 1 saturated heterocycles. The monoisotopic (exact) mass is 356 g/mol. The average molecular weight is 357 g/mol. The molecule has 8 nitrogen and oxygen atoms in total. The van der Waals surface area contributed by atoms with Gasteiger partial charge >= 0.3 is 12.1 Å². The van der Waals surface area contributed by atoms with Gasteiger partial charge in [0.15, 0.2) is 0 Å². The Labute approximate surface area is 145 Å². The van der Waals surface area contributed by atoms with Crippen molar-refractivity contribution < 1.29 is 19.4 Å². The van der Waals surface area contributed by atoms with Crippen molar-refractivity contribution in [2.75, 3.05) is 19.6 Å². The van der Waals surface area contributed by atoms with E-state index in [1.807, 2.05) is 0 Å². The molecule has 1 N–H and O–H groups in total.